The number of ether oxygens (including phenoxy) is 2. The molecule has 0 N–H and O–H groups in total. The van der Waals surface area contributed by atoms with Gasteiger partial charge in [0.05, 0.1) is 30.6 Å². The number of halogens is 1. The molecule has 0 radical (unpaired) electrons. The van der Waals surface area contributed by atoms with Gasteiger partial charge < -0.3 is 14.4 Å². The second kappa shape index (κ2) is 8.47. The van der Waals surface area contributed by atoms with E-state index in [0.29, 0.717) is 19.8 Å². The number of hydrogen-bond acceptors (Lipinski definition) is 4. The number of aromatic nitrogens is 2. The van der Waals surface area contributed by atoms with Crippen molar-refractivity contribution in [1.29, 1.82) is 0 Å². The molecule has 0 saturated carbocycles. The Labute approximate surface area is 169 Å². The number of amides is 1. The highest BCUT2D eigenvalue weighted by molar-refractivity contribution is 5.92. The maximum Gasteiger partial charge on any atom is 0.247 e. The van der Waals surface area contributed by atoms with Crippen LogP contribution in [0.2, 0.25) is 0 Å². The van der Waals surface area contributed by atoms with Crippen LogP contribution in [-0.2, 0) is 14.3 Å². The summed E-state index contributed by atoms with van der Waals surface area (Å²) in [4.78, 5) is 14.8. The fraction of sp³-hybridized carbons (Fsp3) is 0.455. The molecule has 0 aliphatic carbocycles. The van der Waals surface area contributed by atoms with Crippen LogP contribution in [0, 0.1) is 19.7 Å². The molecule has 1 unspecified atom stereocenters. The van der Waals surface area contributed by atoms with Crippen molar-refractivity contribution in [2.45, 2.75) is 45.4 Å². The van der Waals surface area contributed by atoms with Crippen LogP contribution in [0.5, 0.6) is 0 Å². The first-order chi connectivity index (χ1) is 14.0. The average molecular weight is 399 g/mol. The largest absolute Gasteiger partial charge is 0.348 e. The Kier molecular flexibility index (Phi) is 5.78. The fourth-order valence-electron chi connectivity index (χ4n) is 4.09. The molecular weight excluding hydrogens is 373 g/mol. The van der Waals surface area contributed by atoms with E-state index in [0.717, 1.165) is 41.9 Å². The SMILES string of the molecule is Cc1nn(-c2ccc(F)cc2)c(C)c1/C=C/C(=O)N1CCCCC1C1OCCO1. The molecule has 2 aromatic rings. The molecule has 0 bridgehead atoms. The number of likely N-dealkylation sites (tertiary alicyclic amines) is 1. The smallest absolute Gasteiger partial charge is 0.247 e. The molecule has 154 valence electrons. The molecule has 2 aliphatic rings. The summed E-state index contributed by atoms with van der Waals surface area (Å²) in [7, 11) is 0. The van der Waals surface area contributed by atoms with Gasteiger partial charge in [0, 0.05) is 23.9 Å². The first kappa shape index (κ1) is 19.8. The molecule has 1 atom stereocenters. The van der Waals surface area contributed by atoms with Crippen LogP contribution < -0.4 is 0 Å². The van der Waals surface area contributed by atoms with Crippen LogP contribution in [0.15, 0.2) is 30.3 Å². The molecule has 1 aromatic carbocycles. The van der Waals surface area contributed by atoms with E-state index in [1.807, 2.05) is 24.8 Å². The zero-order chi connectivity index (χ0) is 20.4. The van der Waals surface area contributed by atoms with Gasteiger partial charge in [-0.3, -0.25) is 4.79 Å². The molecule has 6 nitrogen and oxygen atoms in total. The molecule has 2 saturated heterocycles. The lowest BCUT2D eigenvalue weighted by Crippen LogP contribution is -2.49. The van der Waals surface area contributed by atoms with Crippen LogP contribution in [0.25, 0.3) is 11.8 Å². The van der Waals surface area contributed by atoms with Crippen LogP contribution in [0.3, 0.4) is 0 Å². The van der Waals surface area contributed by atoms with Gasteiger partial charge in [0.25, 0.3) is 0 Å². The highest BCUT2D eigenvalue weighted by atomic mass is 19.1. The number of hydrogen-bond donors (Lipinski definition) is 0. The standard InChI is InChI=1S/C22H26FN3O3/c1-15-19(16(2)26(24-15)18-8-6-17(23)7-9-18)10-11-21(27)25-12-4-3-5-20(25)22-28-13-14-29-22/h6-11,20,22H,3-5,12-14H2,1-2H3/b11-10+. The summed E-state index contributed by atoms with van der Waals surface area (Å²) in [5, 5.41) is 4.56. The molecule has 4 rings (SSSR count). The monoisotopic (exact) mass is 399 g/mol. The van der Waals surface area contributed by atoms with Crippen LogP contribution in [-0.4, -0.2) is 52.7 Å². The molecule has 2 fully saturated rings. The van der Waals surface area contributed by atoms with Crippen molar-refractivity contribution in [3.05, 3.63) is 53.1 Å². The van der Waals surface area contributed by atoms with E-state index < -0.39 is 0 Å². The minimum atomic E-state index is -0.322. The van der Waals surface area contributed by atoms with Gasteiger partial charge in [0.2, 0.25) is 5.91 Å². The lowest BCUT2D eigenvalue weighted by Gasteiger charge is -2.37. The number of piperidine rings is 1. The van der Waals surface area contributed by atoms with Gasteiger partial charge in [-0.15, -0.1) is 0 Å². The number of benzene rings is 1. The molecule has 2 aliphatic heterocycles. The van der Waals surface area contributed by atoms with Gasteiger partial charge >= 0.3 is 0 Å². The van der Waals surface area contributed by atoms with Crippen LogP contribution in [0.4, 0.5) is 4.39 Å². The zero-order valence-electron chi connectivity index (χ0n) is 16.8. The molecule has 0 spiro atoms. The van der Waals surface area contributed by atoms with Crippen LogP contribution >= 0.6 is 0 Å². The maximum atomic E-state index is 13.2. The molecular formula is C22H26FN3O3. The second-order valence-electron chi connectivity index (χ2n) is 7.51. The van der Waals surface area contributed by atoms with Crippen molar-refractivity contribution in [1.82, 2.24) is 14.7 Å². The van der Waals surface area contributed by atoms with Gasteiger partial charge in [-0.1, -0.05) is 0 Å². The quantitative estimate of drug-likeness (QED) is 0.740. The Morgan fingerprint density at radius 1 is 1.17 bits per heavy atom. The molecule has 1 aromatic heterocycles. The normalized spacial score (nSPS) is 20.7. The number of carbonyl (C=O) groups excluding carboxylic acids is 1. The maximum absolute atomic E-state index is 13.2. The van der Waals surface area contributed by atoms with Gasteiger partial charge in [-0.25, -0.2) is 9.07 Å². The molecule has 7 heteroatoms. The minimum absolute atomic E-state index is 0.0347. The lowest BCUT2D eigenvalue weighted by molar-refractivity contribution is -0.145. The Morgan fingerprint density at radius 2 is 1.90 bits per heavy atom. The van der Waals surface area contributed by atoms with Crippen LogP contribution in [0.1, 0.15) is 36.2 Å². The second-order valence-corrected chi connectivity index (χ2v) is 7.51. The summed E-state index contributed by atoms with van der Waals surface area (Å²) in [6, 6.07) is 6.16. The average Bonchev–Trinajstić information content (AvgIpc) is 3.36. The first-order valence-electron chi connectivity index (χ1n) is 10.1. The summed E-state index contributed by atoms with van der Waals surface area (Å²) in [6.07, 6.45) is 6.07. The molecule has 1 amide bonds. The van der Waals surface area contributed by atoms with Gasteiger partial charge in [-0.2, -0.15) is 5.10 Å². The van der Waals surface area contributed by atoms with Crippen molar-refractivity contribution in [3.8, 4) is 5.69 Å². The Balaban J connectivity index is 1.53. The van der Waals surface area contributed by atoms with E-state index in [9.17, 15) is 9.18 Å². The number of carbonyl (C=O) groups is 1. The lowest BCUT2D eigenvalue weighted by atomic mass is 10.0. The van der Waals surface area contributed by atoms with E-state index in [1.165, 1.54) is 12.1 Å². The van der Waals surface area contributed by atoms with E-state index in [-0.39, 0.29) is 24.1 Å². The minimum Gasteiger partial charge on any atom is -0.348 e. The summed E-state index contributed by atoms with van der Waals surface area (Å²) >= 11 is 0. The van der Waals surface area contributed by atoms with E-state index >= 15 is 0 Å². The van der Waals surface area contributed by atoms with Crippen molar-refractivity contribution < 1.29 is 18.7 Å². The van der Waals surface area contributed by atoms with E-state index in [2.05, 4.69) is 5.10 Å². The number of aryl methyl sites for hydroxylation is 1. The van der Waals surface area contributed by atoms with Gasteiger partial charge in [0.15, 0.2) is 6.29 Å². The van der Waals surface area contributed by atoms with Crippen molar-refractivity contribution in [2.75, 3.05) is 19.8 Å². The summed E-state index contributed by atoms with van der Waals surface area (Å²) in [6.45, 7) is 5.72. The topological polar surface area (TPSA) is 56.6 Å². The highest BCUT2D eigenvalue weighted by Crippen LogP contribution is 2.25. The van der Waals surface area contributed by atoms with E-state index in [1.54, 1.807) is 22.9 Å². The predicted octanol–water partition coefficient (Wildman–Crippen LogP) is 3.40. The summed E-state index contributed by atoms with van der Waals surface area (Å²) in [5.74, 6) is -0.325. The molecule has 29 heavy (non-hydrogen) atoms. The first-order valence-corrected chi connectivity index (χ1v) is 10.1. The summed E-state index contributed by atoms with van der Waals surface area (Å²) < 4.78 is 26.3. The molecule has 3 heterocycles. The highest BCUT2D eigenvalue weighted by Gasteiger charge is 2.35. The third-order valence-electron chi connectivity index (χ3n) is 5.61. The predicted molar refractivity (Wildman–Crippen MR) is 107 cm³/mol. The number of nitrogens with zero attached hydrogens (tertiary/aromatic N) is 3. The van der Waals surface area contributed by atoms with Crippen molar-refractivity contribution in [3.63, 3.8) is 0 Å². The zero-order valence-corrected chi connectivity index (χ0v) is 16.8. The Morgan fingerprint density at radius 3 is 2.62 bits per heavy atom. The Bertz CT molecular complexity index is 901. The third kappa shape index (κ3) is 4.11. The van der Waals surface area contributed by atoms with Crippen molar-refractivity contribution >= 4 is 12.0 Å². The fourth-order valence-corrected chi connectivity index (χ4v) is 4.09. The Hall–Kier alpha value is -2.51. The van der Waals surface area contributed by atoms with Gasteiger partial charge in [0.1, 0.15) is 5.82 Å². The van der Waals surface area contributed by atoms with Crippen molar-refractivity contribution in [2.24, 2.45) is 0 Å². The number of rotatable bonds is 4. The summed E-state index contributed by atoms with van der Waals surface area (Å²) in [5.41, 5.74) is 3.39. The van der Waals surface area contributed by atoms with E-state index in [4.69, 9.17) is 9.47 Å². The third-order valence-corrected chi connectivity index (χ3v) is 5.61. The van der Waals surface area contributed by atoms with Gasteiger partial charge in [-0.05, 0) is 63.5 Å².